The van der Waals surface area contributed by atoms with E-state index in [-0.39, 0.29) is 29.2 Å². The minimum atomic E-state index is -0.120. The maximum atomic E-state index is 12.8. The fourth-order valence-electron chi connectivity index (χ4n) is 3.26. The van der Waals surface area contributed by atoms with E-state index in [1.807, 2.05) is 18.7 Å². The molecule has 0 spiro atoms. The Kier molecular flexibility index (Phi) is 5.59. The van der Waals surface area contributed by atoms with Crippen molar-refractivity contribution in [1.82, 2.24) is 4.90 Å². The molecule has 4 nitrogen and oxygen atoms in total. The molecule has 4 unspecified atom stereocenters. The molecule has 1 aliphatic rings. The zero-order valence-corrected chi connectivity index (χ0v) is 13.5. The Morgan fingerprint density at radius 3 is 2.60 bits per heavy atom. The Labute approximate surface area is 123 Å². The molecule has 1 amide bonds. The van der Waals surface area contributed by atoms with Gasteiger partial charge in [0.05, 0.1) is 12.0 Å². The Morgan fingerprint density at radius 1 is 1.50 bits per heavy atom. The van der Waals surface area contributed by atoms with Crippen LogP contribution in [-0.4, -0.2) is 29.9 Å². The molecule has 4 atom stereocenters. The van der Waals surface area contributed by atoms with Gasteiger partial charge in [-0.3, -0.25) is 4.79 Å². The molecule has 0 aromatic heterocycles. The first-order valence-electron chi connectivity index (χ1n) is 7.69. The number of rotatable bonds is 4. The number of hydrogen-bond acceptors (Lipinski definition) is 3. The van der Waals surface area contributed by atoms with Gasteiger partial charge in [-0.05, 0) is 38.0 Å². The topological polar surface area (TPSA) is 70.1 Å². The molecule has 20 heavy (non-hydrogen) atoms. The van der Waals surface area contributed by atoms with E-state index in [9.17, 15) is 4.79 Å². The van der Waals surface area contributed by atoms with Crippen LogP contribution in [0.3, 0.4) is 0 Å². The summed E-state index contributed by atoms with van der Waals surface area (Å²) in [6, 6.07) is 2.39. The number of nitrogens with two attached hydrogens (primary N) is 1. The molecule has 1 saturated carbocycles. The van der Waals surface area contributed by atoms with Crippen molar-refractivity contribution in [3.63, 3.8) is 0 Å². The quantitative estimate of drug-likeness (QED) is 0.859. The fraction of sp³-hybridized carbons (Fsp3) is 0.875. The number of nitriles is 1. The second-order valence-electron chi connectivity index (χ2n) is 6.81. The number of carbonyl (C=O) groups excluding carboxylic acids is 1. The van der Waals surface area contributed by atoms with Crippen LogP contribution in [0, 0.1) is 34.5 Å². The fourth-order valence-corrected chi connectivity index (χ4v) is 3.26. The van der Waals surface area contributed by atoms with E-state index in [4.69, 9.17) is 11.0 Å². The van der Waals surface area contributed by atoms with Gasteiger partial charge < -0.3 is 10.6 Å². The van der Waals surface area contributed by atoms with Gasteiger partial charge in [0.15, 0.2) is 0 Å². The molecular weight excluding hydrogens is 250 g/mol. The summed E-state index contributed by atoms with van der Waals surface area (Å²) < 4.78 is 0. The highest BCUT2D eigenvalue weighted by Crippen LogP contribution is 2.45. The van der Waals surface area contributed by atoms with Gasteiger partial charge >= 0.3 is 0 Å². The predicted octanol–water partition coefficient (Wildman–Crippen LogP) is 2.39. The van der Waals surface area contributed by atoms with Crippen LogP contribution >= 0.6 is 0 Å². The van der Waals surface area contributed by atoms with Crippen LogP contribution in [0.4, 0.5) is 0 Å². The largest absolute Gasteiger partial charge is 0.341 e. The zero-order chi connectivity index (χ0) is 15.5. The molecule has 1 fully saturated rings. The van der Waals surface area contributed by atoms with Gasteiger partial charge in [0.25, 0.3) is 0 Å². The van der Waals surface area contributed by atoms with E-state index in [2.05, 4.69) is 26.8 Å². The standard InChI is InChI=1S/C16H29N3O/c1-6-19(10-11(2)9-17)15(20)13-7-8-14(18)12(3)16(13,4)5/h11-14H,6-8,10,18H2,1-5H3. The minimum Gasteiger partial charge on any atom is -0.341 e. The van der Waals surface area contributed by atoms with Crippen molar-refractivity contribution in [2.45, 2.75) is 53.5 Å². The summed E-state index contributed by atoms with van der Waals surface area (Å²) in [6.45, 7) is 11.5. The lowest BCUT2D eigenvalue weighted by molar-refractivity contribution is -0.143. The summed E-state index contributed by atoms with van der Waals surface area (Å²) in [4.78, 5) is 14.7. The van der Waals surface area contributed by atoms with Gasteiger partial charge in [-0.25, -0.2) is 0 Å². The molecular formula is C16H29N3O. The summed E-state index contributed by atoms with van der Waals surface area (Å²) in [5.74, 6) is 0.420. The molecule has 114 valence electrons. The third kappa shape index (κ3) is 3.32. The van der Waals surface area contributed by atoms with E-state index in [1.165, 1.54) is 0 Å². The third-order valence-corrected chi connectivity index (χ3v) is 5.21. The van der Waals surface area contributed by atoms with Crippen molar-refractivity contribution in [3.05, 3.63) is 0 Å². The lowest BCUT2D eigenvalue weighted by atomic mass is 9.60. The lowest BCUT2D eigenvalue weighted by Crippen LogP contribution is -2.52. The van der Waals surface area contributed by atoms with Crippen molar-refractivity contribution in [3.8, 4) is 6.07 Å². The molecule has 1 aliphatic carbocycles. The van der Waals surface area contributed by atoms with Crippen LogP contribution in [0.25, 0.3) is 0 Å². The lowest BCUT2D eigenvalue weighted by Gasteiger charge is -2.47. The molecule has 0 radical (unpaired) electrons. The molecule has 0 heterocycles. The van der Waals surface area contributed by atoms with Crippen LogP contribution in [0.15, 0.2) is 0 Å². The first-order chi connectivity index (χ1) is 9.25. The van der Waals surface area contributed by atoms with Crippen LogP contribution in [0.2, 0.25) is 0 Å². The Morgan fingerprint density at radius 2 is 2.10 bits per heavy atom. The summed E-state index contributed by atoms with van der Waals surface area (Å²) >= 11 is 0. The smallest absolute Gasteiger partial charge is 0.226 e. The third-order valence-electron chi connectivity index (χ3n) is 5.21. The molecule has 0 aromatic rings. The normalized spacial score (nSPS) is 30.4. The maximum Gasteiger partial charge on any atom is 0.226 e. The van der Waals surface area contributed by atoms with E-state index >= 15 is 0 Å². The van der Waals surface area contributed by atoms with E-state index in [1.54, 1.807) is 0 Å². The molecule has 0 saturated heterocycles. The summed E-state index contributed by atoms with van der Waals surface area (Å²) in [5, 5.41) is 8.95. The Balaban J connectivity index is 2.87. The van der Waals surface area contributed by atoms with Gasteiger partial charge in [-0.15, -0.1) is 0 Å². The minimum absolute atomic E-state index is 0.0168. The van der Waals surface area contributed by atoms with Gasteiger partial charge in [0.1, 0.15) is 0 Å². The molecule has 0 bridgehead atoms. The first-order valence-corrected chi connectivity index (χ1v) is 7.69. The van der Waals surface area contributed by atoms with Crippen LogP contribution in [-0.2, 0) is 4.79 Å². The van der Waals surface area contributed by atoms with E-state index < -0.39 is 0 Å². The van der Waals surface area contributed by atoms with Crippen LogP contribution < -0.4 is 5.73 Å². The Hall–Kier alpha value is -1.08. The zero-order valence-electron chi connectivity index (χ0n) is 13.5. The maximum absolute atomic E-state index is 12.8. The van der Waals surface area contributed by atoms with Crippen molar-refractivity contribution in [2.75, 3.05) is 13.1 Å². The van der Waals surface area contributed by atoms with Gasteiger partial charge in [-0.1, -0.05) is 20.8 Å². The van der Waals surface area contributed by atoms with Crippen molar-refractivity contribution in [1.29, 1.82) is 5.26 Å². The molecule has 2 N–H and O–H groups in total. The highest BCUT2D eigenvalue weighted by Gasteiger charge is 2.46. The van der Waals surface area contributed by atoms with Gasteiger partial charge in [0.2, 0.25) is 5.91 Å². The SMILES string of the molecule is CCN(CC(C)C#N)C(=O)C1CCC(N)C(C)C1(C)C. The average molecular weight is 279 g/mol. The summed E-state index contributed by atoms with van der Waals surface area (Å²) in [7, 11) is 0. The number of hydrogen-bond donors (Lipinski definition) is 1. The number of nitrogens with zero attached hydrogens (tertiary/aromatic N) is 2. The molecule has 1 rings (SSSR count). The monoisotopic (exact) mass is 279 g/mol. The van der Waals surface area contributed by atoms with Crippen LogP contribution in [0.5, 0.6) is 0 Å². The molecule has 4 heteroatoms. The van der Waals surface area contributed by atoms with E-state index in [0.29, 0.717) is 19.0 Å². The Bertz CT molecular complexity index is 386. The van der Waals surface area contributed by atoms with Crippen LogP contribution in [0.1, 0.15) is 47.5 Å². The summed E-state index contributed by atoms with van der Waals surface area (Å²) in [5.41, 5.74) is 6.07. The second-order valence-corrected chi connectivity index (χ2v) is 6.81. The van der Waals surface area contributed by atoms with Gasteiger partial charge in [0, 0.05) is 25.0 Å². The molecule has 0 aromatic carbocycles. The predicted molar refractivity (Wildman–Crippen MR) is 80.7 cm³/mol. The van der Waals surface area contributed by atoms with E-state index in [0.717, 1.165) is 12.8 Å². The highest BCUT2D eigenvalue weighted by atomic mass is 16.2. The number of amides is 1. The number of carbonyl (C=O) groups is 1. The summed E-state index contributed by atoms with van der Waals surface area (Å²) in [6.07, 6.45) is 1.77. The van der Waals surface area contributed by atoms with Gasteiger partial charge in [-0.2, -0.15) is 5.26 Å². The first kappa shape index (κ1) is 17.0. The highest BCUT2D eigenvalue weighted by molar-refractivity contribution is 5.80. The van der Waals surface area contributed by atoms with Crippen molar-refractivity contribution >= 4 is 5.91 Å². The average Bonchev–Trinajstić information content (AvgIpc) is 2.41. The second kappa shape index (κ2) is 6.58. The molecule has 0 aliphatic heterocycles. The van der Waals surface area contributed by atoms with Crippen molar-refractivity contribution in [2.24, 2.45) is 28.9 Å². The van der Waals surface area contributed by atoms with Crippen molar-refractivity contribution < 1.29 is 4.79 Å².